The Balaban J connectivity index is 2.04. The Hall–Kier alpha value is -1.55. The number of carbonyl (C=O) groups excluding carboxylic acids is 1. The molecule has 0 radical (unpaired) electrons. The van der Waals surface area contributed by atoms with Gasteiger partial charge in [-0.1, -0.05) is 11.6 Å². The van der Waals surface area contributed by atoms with Crippen LogP contribution in [0.15, 0.2) is 18.2 Å². The van der Waals surface area contributed by atoms with Gasteiger partial charge in [-0.3, -0.25) is 4.79 Å². The number of phenols is 1. The fraction of sp³-hybridized carbons (Fsp3) is 0.500. The SMILES string of the molecule is Cc1ccc(O)c(C(=O)NC(C)C2CCOC2)c1. The van der Waals surface area contributed by atoms with Crippen LogP contribution in [0.1, 0.15) is 29.3 Å². The number of hydrogen-bond donors (Lipinski definition) is 2. The van der Waals surface area contributed by atoms with Crippen LogP contribution in [0.25, 0.3) is 0 Å². The van der Waals surface area contributed by atoms with E-state index >= 15 is 0 Å². The van der Waals surface area contributed by atoms with Crippen molar-refractivity contribution in [3.8, 4) is 5.75 Å². The number of nitrogens with one attached hydrogen (secondary N) is 1. The Kier molecular flexibility index (Phi) is 3.87. The van der Waals surface area contributed by atoms with Gasteiger partial charge in [-0.2, -0.15) is 0 Å². The van der Waals surface area contributed by atoms with Gasteiger partial charge in [0.25, 0.3) is 5.91 Å². The van der Waals surface area contributed by atoms with Crippen LogP contribution < -0.4 is 5.32 Å². The fourth-order valence-electron chi connectivity index (χ4n) is 2.18. The first-order valence-corrected chi connectivity index (χ1v) is 6.26. The molecular weight excluding hydrogens is 230 g/mol. The molecule has 1 aliphatic heterocycles. The molecule has 0 aromatic heterocycles. The van der Waals surface area contributed by atoms with E-state index in [2.05, 4.69) is 5.32 Å². The number of benzene rings is 1. The number of amides is 1. The van der Waals surface area contributed by atoms with Gasteiger partial charge in [-0.05, 0) is 32.4 Å². The highest BCUT2D eigenvalue weighted by Gasteiger charge is 2.24. The van der Waals surface area contributed by atoms with E-state index in [9.17, 15) is 9.90 Å². The predicted octanol–water partition coefficient (Wildman–Crippen LogP) is 1.86. The first-order chi connectivity index (χ1) is 8.58. The first-order valence-electron chi connectivity index (χ1n) is 6.26. The van der Waals surface area contributed by atoms with E-state index < -0.39 is 0 Å². The summed E-state index contributed by atoms with van der Waals surface area (Å²) in [6, 6.07) is 5.08. The minimum atomic E-state index is -0.226. The Labute approximate surface area is 107 Å². The molecule has 0 aliphatic carbocycles. The minimum Gasteiger partial charge on any atom is -0.507 e. The van der Waals surface area contributed by atoms with Gasteiger partial charge >= 0.3 is 0 Å². The quantitative estimate of drug-likeness (QED) is 0.859. The lowest BCUT2D eigenvalue weighted by atomic mass is 10.00. The minimum absolute atomic E-state index is 0.0213. The summed E-state index contributed by atoms with van der Waals surface area (Å²) in [5.74, 6) is 0.157. The molecule has 4 nitrogen and oxygen atoms in total. The summed E-state index contributed by atoms with van der Waals surface area (Å²) in [4.78, 5) is 12.1. The van der Waals surface area contributed by atoms with Crippen LogP contribution in [0.5, 0.6) is 5.75 Å². The topological polar surface area (TPSA) is 58.6 Å². The second-order valence-corrected chi connectivity index (χ2v) is 4.91. The van der Waals surface area contributed by atoms with Gasteiger partial charge in [-0.15, -0.1) is 0 Å². The Morgan fingerprint density at radius 1 is 1.56 bits per heavy atom. The van der Waals surface area contributed by atoms with Crippen molar-refractivity contribution in [3.63, 3.8) is 0 Å². The summed E-state index contributed by atoms with van der Waals surface area (Å²) < 4.78 is 5.31. The molecule has 1 aromatic rings. The maximum absolute atomic E-state index is 12.1. The van der Waals surface area contributed by atoms with E-state index in [1.807, 2.05) is 13.8 Å². The molecule has 18 heavy (non-hydrogen) atoms. The van der Waals surface area contributed by atoms with Gasteiger partial charge in [0.2, 0.25) is 0 Å². The zero-order valence-electron chi connectivity index (χ0n) is 10.8. The molecule has 1 amide bonds. The lowest BCUT2D eigenvalue weighted by Crippen LogP contribution is -2.38. The largest absolute Gasteiger partial charge is 0.507 e. The van der Waals surface area contributed by atoms with Gasteiger partial charge in [0.1, 0.15) is 5.75 Å². The summed E-state index contributed by atoms with van der Waals surface area (Å²) in [6.45, 7) is 5.33. The summed E-state index contributed by atoms with van der Waals surface area (Å²) in [5, 5.41) is 12.6. The van der Waals surface area contributed by atoms with E-state index in [0.717, 1.165) is 18.6 Å². The van der Waals surface area contributed by atoms with Crippen molar-refractivity contribution in [1.82, 2.24) is 5.32 Å². The summed E-state index contributed by atoms with van der Waals surface area (Å²) in [5.41, 5.74) is 1.29. The molecule has 1 fully saturated rings. The highest BCUT2D eigenvalue weighted by Crippen LogP contribution is 2.20. The van der Waals surface area contributed by atoms with Crippen LogP contribution in [-0.4, -0.2) is 30.3 Å². The summed E-state index contributed by atoms with van der Waals surface area (Å²) in [7, 11) is 0. The molecule has 98 valence electrons. The van der Waals surface area contributed by atoms with Crippen LogP contribution in [-0.2, 0) is 4.74 Å². The highest BCUT2D eigenvalue weighted by atomic mass is 16.5. The number of carbonyl (C=O) groups is 1. The lowest BCUT2D eigenvalue weighted by molar-refractivity contribution is 0.0919. The Morgan fingerprint density at radius 3 is 3.00 bits per heavy atom. The van der Waals surface area contributed by atoms with Crippen molar-refractivity contribution in [1.29, 1.82) is 0 Å². The molecule has 0 bridgehead atoms. The van der Waals surface area contributed by atoms with Gasteiger partial charge < -0.3 is 15.2 Å². The van der Waals surface area contributed by atoms with E-state index in [0.29, 0.717) is 18.1 Å². The Morgan fingerprint density at radius 2 is 2.33 bits per heavy atom. The van der Waals surface area contributed by atoms with E-state index in [1.165, 1.54) is 0 Å². The number of phenolic OH excluding ortho intramolecular Hbond substituents is 1. The second-order valence-electron chi connectivity index (χ2n) is 4.91. The van der Waals surface area contributed by atoms with Crippen LogP contribution in [0.4, 0.5) is 0 Å². The monoisotopic (exact) mass is 249 g/mol. The fourth-order valence-corrected chi connectivity index (χ4v) is 2.18. The maximum atomic E-state index is 12.1. The van der Waals surface area contributed by atoms with E-state index in [4.69, 9.17) is 4.74 Å². The molecule has 0 spiro atoms. The van der Waals surface area contributed by atoms with Crippen molar-refractivity contribution < 1.29 is 14.6 Å². The molecule has 2 unspecified atom stereocenters. The van der Waals surface area contributed by atoms with Crippen molar-refractivity contribution >= 4 is 5.91 Å². The highest BCUT2D eigenvalue weighted by molar-refractivity contribution is 5.97. The van der Waals surface area contributed by atoms with Crippen molar-refractivity contribution in [3.05, 3.63) is 29.3 Å². The van der Waals surface area contributed by atoms with Gasteiger partial charge in [-0.25, -0.2) is 0 Å². The Bertz CT molecular complexity index is 439. The molecule has 0 saturated carbocycles. The number of hydrogen-bond acceptors (Lipinski definition) is 3. The predicted molar refractivity (Wildman–Crippen MR) is 68.7 cm³/mol. The molecule has 1 aliphatic rings. The third-order valence-electron chi connectivity index (χ3n) is 3.43. The lowest BCUT2D eigenvalue weighted by Gasteiger charge is -2.19. The molecule has 1 saturated heterocycles. The molecular formula is C14H19NO3. The van der Waals surface area contributed by atoms with Crippen LogP contribution in [0.3, 0.4) is 0 Å². The molecule has 2 rings (SSSR count). The van der Waals surface area contributed by atoms with Gasteiger partial charge in [0.15, 0.2) is 0 Å². The zero-order chi connectivity index (χ0) is 13.1. The molecule has 2 N–H and O–H groups in total. The maximum Gasteiger partial charge on any atom is 0.255 e. The van der Waals surface area contributed by atoms with E-state index in [-0.39, 0.29) is 17.7 Å². The van der Waals surface area contributed by atoms with E-state index in [1.54, 1.807) is 18.2 Å². The normalized spacial score (nSPS) is 20.7. The summed E-state index contributed by atoms with van der Waals surface area (Å²) >= 11 is 0. The third kappa shape index (κ3) is 2.82. The van der Waals surface area contributed by atoms with Crippen LogP contribution in [0, 0.1) is 12.8 Å². The standard InChI is InChI=1S/C14H19NO3/c1-9-3-4-13(16)12(7-9)14(17)15-10(2)11-5-6-18-8-11/h3-4,7,10-11,16H,5-6,8H2,1-2H3,(H,15,17). The van der Waals surface area contributed by atoms with Crippen molar-refractivity contribution in [2.45, 2.75) is 26.3 Å². The summed E-state index contributed by atoms with van der Waals surface area (Å²) in [6.07, 6.45) is 0.973. The van der Waals surface area contributed by atoms with Gasteiger partial charge in [0.05, 0.1) is 12.2 Å². The van der Waals surface area contributed by atoms with Crippen molar-refractivity contribution in [2.24, 2.45) is 5.92 Å². The number of ether oxygens (including phenoxy) is 1. The third-order valence-corrected chi connectivity index (χ3v) is 3.43. The first kappa shape index (κ1) is 12.9. The number of aromatic hydroxyl groups is 1. The number of rotatable bonds is 3. The van der Waals surface area contributed by atoms with Crippen molar-refractivity contribution in [2.75, 3.05) is 13.2 Å². The number of aryl methyl sites for hydroxylation is 1. The average Bonchev–Trinajstić information content (AvgIpc) is 2.85. The zero-order valence-corrected chi connectivity index (χ0v) is 10.8. The molecule has 2 atom stereocenters. The van der Waals surface area contributed by atoms with Crippen LogP contribution >= 0.6 is 0 Å². The second kappa shape index (κ2) is 5.40. The van der Waals surface area contributed by atoms with Gasteiger partial charge in [0, 0.05) is 18.6 Å². The average molecular weight is 249 g/mol. The molecule has 4 heteroatoms. The molecule has 1 heterocycles. The van der Waals surface area contributed by atoms with Crippen LogP contribution in [0.2, 0.25) is 0 Å². The smallest absolute Gasteiger partial charge is 0.255 e. The molecule has 1 aromatic carbocycles.